The summed E-state index contributed by atoms with van der Waals surface area (Å²) in [7, 11) is 2.32. The molecular formula is C29H32ClN3O9. The molecule has 0 saturated heterocycles. The molecule has 0 spiro atoms. The number of halogens is 1. The second-order valence-corrected chi connectivity index (χ2v) is 9.28. The molecule has 0 aliphatic carbocycles. The summed E-state index contributed by atoms with van der Waals surface area (Å²) in [4.78, 5) is 44.7. The molecule has 4 rings (SSSR count). The van der Waals surface area contributed by atoms with Gasteiger partial charge in [0.05, 0.1) is 45.1 Å². The molecule has 0 fully saturated rings. The molecule has 4 aromatic rings. The highest BCUT2D eigenvalue weighted by Gasteiger charge is 2.30. The van der Waals surface area contributed by atoms with E-state index < -0.39 is 17.8 Å². The predicted octanol–water partition coefficient (Wildman–Crippen LogP) is 5.16. The van der Waals surface area contributed by atoms with Gasteiger partial charge in [-0.2, -0.15) is 0 Å². The third-order valence-corrected chi connectivity index (χ3v) is 6.64. The molecule has 12 nitrogen and oxygen atoms in total. The number of phenolic OH excluding ortho intramolecular Hbond substituents is 1. The van der Waals surface area contributed by atoms with Gasteiger partial charge in [-0.05, 0) is 44.9 Å². The first-order valence-electron chi connectivity index (χ1n) is 13.3. The van der Waals surface area contributed by atoms with E-state index in [1.807, 2.05) is 20.8 Å². The monoisotopic (exact) mass is 601 g/mol. The molecule has 0 aliphatic rings. The molecule has 4 N–H and O–H groups in total. The molecule has 0 aliphatic heterocycles. The van der Waals surface area contributed by atoms with Crippen LogP contribution in [0.2, 0.25) is 0 Å². The average molecular weight is 602 g/mol. The molecule has 0 atom stereocenters. The Balaban J connectivity index is 1.86. The van der Waals surface area contributed by atoms with Crippen molar-refractivity contribution in [2.45, 2.75) is 27.2 Å². The van der Waals surface area contributed by atoms with Gasteiger partial charge in [-0.15, -0.1) is 11.6 Å². The van der Waals surface area contributed by atoms with E-state index in [0.717, 1.165) is 14.2 Å². The lowest BCUT2D eigenvalue weighted by Crippen LogP contribution is -2.15. The number of aromatic amines is 2. The molecule has 2 aromatic heterocycles. The SMILES string of the molecule is CCOc1cc2cc(C(=O)Nc3cc(O)c4[nH]c(C(=O)OC)c(C(=O)OC)c4c3CCCl)[nH]c2c(OCC)c1OCC. The summed E-state index contributed by atoms with van der Waals surface area (Å²) in [5, 5.41) is 14.5. The van der Waals surface area contributed by atoms with Gasteiger partial charge in [-0.1, -0.05) is 0 Å². The van der Waals surface area contributed by atoms with Crippen LogP contribution in [0.25, 0.3) is 21.8 Å². The summed E-state index contributed by atoms with van der Waals surface area (Å²) in [6, 6.07) is 4.71. The van der Waals surface area contributed by atoms with Crippen LogP contribution in [0, 0.1) is 0 Å². The Morgan fingerprint density at radius 3 is 2.17 bits per heavy atom. The van der Waals surface area contributed by atoms with Crippen molar-refractivity contribution in [3.05, 3.63) is 40.7 Å². The summed E-state index contributed by atoms with van der Waals surface area (Å²) in [5.74, 6) is -1.14. The number of rotatable bonds is 12. The van der Waals surface area contributed by atoms with Gasteiger partial charge >= 0.3 is 11.9 Å². The molecule has 0 radical (unpaired) electrons. The topological polar surface area (TPSA) is 161 Å². The standard InChI is InChI=1S/C29H32ClN3O9/c1-6-40-19-12-14-11-17(31-22(14)26(42-8-3)25(19)41-7-2)27(35)32-16-13-18(34)23-20(15(16)9-10-30)21(28(36)38-4)24(33-23)29(37)39-5/h11-13,31,33-34H,6-10H2,1-5H3,(H,32,35). The van der Waals surface area contributed by atoms with Crippen molar-refractivity contribution in [1.82, 2.24) is 9.97 Å². The third-order valence-electron chi connectivity index (χ3n) is 6.45. The average Bonchev–Trinajstić information content (AvgIpc) is 3.59. The lowest BCUT2D eigenvalue weighted by atomic mass is 9.99. The number of carbonyl (C=O) groups is 3. The Hall–Kier alpha value is -4.58. The number of anilines is 1. The van der Waals surface area contributed by atoms with E-state index in [1.165, 1.54) is 6.07 Å². The third kappa shape index (κ3) is 5.49. The number of hydrogen-bond donors (Lipinski definition) is 4. The maximum atomic E-state index is 13.6. The number of nitrogens with one attached hydrogen (secondary N) is 3. The lowest BCUT2D eigenvalue weighted by Gasteiger charge is -2.16. The Kier molecular flexibility index (Phi) is 9.36. The molecule has 0 saturated carbocycles. The minimum Gasteiger partial charge on any atom is -0.506 e. The van der Waals surface area contributed by atoms with E-state index in [0.29, 0.717) is 53.5 Å². The number of fused-ring (bicyclic) bond motifs is 2. The fourth-order valence-corrected chi connectivity index (χ4v) is 4.98. The zero-order valence-electron chi connectivity index (χ0n) is 23.9. The number of H-pyrrole nitrogens is 2. The maximum absolute atomic E-state index is 13.6. The van der Waals surface area contributed by atoms with Crippen molar-refractivity contribution in [3.8, 4) is 23.0 Å². The molecular weight excluding hydrogens is 570 g/mol. The second kappa shape index (κ2) is 12.9. The van der Waals surface area contributed by atoms with Gasteiger partial charge in [0.25, 0.3) is 5.91 Å². The first-order chi connectivity index (χ1) is 20.2. The minimum absolute atomic E-state index is 0.0905. The normalized spacial score (nSPS) is 11.0. The number of benzene rings is 2. The quantitative estimate of drug-likeness (QED) is 0.127. The van der Waals surface area contributed by atoms with Crippen LogP contribution in [0.4, 0.5) is 5.69 Å². The first-order valence-corrected chi connectivity index (χ1v) is 13.8. The van der Waals surface area contributed by atoms with Crippen LogP contribution in [0.5, 0.6) is 23.0 Å². The van der Waals surface area contributed by atoms with Crippen LogP contribution >= 0.6 is 11.6 Å². The van der Waals surface area contributed by atoms with Gasteiger partial charge < -0.3 is 44.1 Å². The Labute approximate surface area is 246 Å². The van der Waals surface area contributed by atoms with Gasteiger partial charge in [0.1, 0.15) is 22.7 Å². The number of aromatic hydroxyl groups is 1. The number of hydrogen-bond acceptors (Lipinski definition) is 9. The fraction of sp³-hybridized carbons (Fsp3) is 0.345. The van der Waals surface area contributed by atoms with Crippen molar-refractivity contribution in [2.24, 2.45) is 0 Å². The molecule has 42 heavy (non-hydrogen) atoms. The first kappa shape index (κ1) is 30.4. The van der Waals surface area contributed by atoms with Gasteiger partial charge in [0, 0.05) is 28.4 Å². The number of amides is 1. The van der Waals surface area contributed by atoms with Crippen LogP contribution < -0.4 is 19.5 Å². The summed E-state index contributed by atoms with van der Waals surface area (Å²) < 4.78 is 27.2. The molecule has 224 valence electrons. The Morgan fingerprint density at radius 1 is 0.881 bits per heavy atom. The van der Waals surface area contributed by atoms with Crippen LogP contribution in [0.3, 0.4) is 0 Å². The number of methoxy groups -OCH3 is 2. The molecule has 13 heteroatoms. The summed E-state index contributed by atoms with van der Waals surface area (Å²) >= 11 is 6.11. The number of carbonyl (C=O) groups excluding carboxylic acids is 3. The van der Waals surface area contributed by atoms with Gasteiger partial charge in [0.2, 0.25) is 5.75 Å². The van der Waals surface area contributed by atoms with E-state index in [2.05, 4.69) is 15.3 Å². The summed E-state index contributed by atoms with van der Waals surface area (Å²) in [5.41, 5.74) is 1.03. The summed E-state index contributed by atoms with van der Waals surface area (Å²) in [6.45, 7) is 6.65. The van der Waals surface area contributed by atoms with E-state index in [9.17, 15) is 19.5 Å². The number of esters is 2. The number of phenols is 1. The highest BCUT2D eigenvalue weighted by Crippen LogP contribution is 2.44. The van der Waals surface area contributed by atoms with Crippen molar-refractivity contribution >= 4 is 56.9 Å². The van der Waals surface area contributed by atoms with Crippen LogP contribution in [0.15, 0.2) is 18.2 Å². The fourth-order valence-electron chi connectivity index (χ4n) is 4.79. The van der Waals surface area contributed by atoms with Gasteiger partial charge in [-0.3, -0.25) is 4.79 Å². The second-order valence-electron chi connectivity index (χ2n) is 8.90. The predicted molar refractivity (Wildman–Crippen MR) is 157 cm³/mol. The van der Waals surface area contributed by atoms with Crippen molar-refractivity contribution in [3.63, 3.8) is 0 Å². The summed E-state index contributed by atoms with van der Waals surface area (Å²) in [6.07, 6.45) is 0.174. The van der Waals surface area contributed by atoms with E-state index in [1.54, 1.807) is 12.1 Å². The highest BCUT2D eigenvalue weighted by molar-refractivity contribution is 6.19. The van der Waals surface area contributed by atoms with E-state index in [-0.39, 0.29) is 51.6 Å². The van der Waals surface area contributed by atoms with Crippen LogP contribution in [0.1, 0.15) is 57.7 Å². The zero-order valence-corrected chi connectivity index (χ0v) is 24.6. The highest BCUT2D eigenvalue weighted by atomic mass is 35.5. The van der Waals surface area contributed by atoms with Crippen molar-refractivity contribution in [2.75, 3.05) is 45.2 Å². The number of aromatic nitrogens is 2. The van der Waals surface area contributed by atoms with Crippen LogP contribution in [-0.2, 0) is 15.9 Å². The number of ether oxygens (including phenoxy) is 5. The molecule has 0 bridgehead atoms. The van der Waals surface area contributed by atoms with Crippen LogP contribution in [-0.4, -0.2) is 72.8 Å². The Bertz CT molecular complexity index is 1660. The smallest absolute Gasteiger partial charge is 0.355 e. The minimum atomic E-state index is -0.838. The molecule has 0 unspecified atom stereocenters. The molecule has 1 amide bonds. The van der Waals surface area contributed by atoms with E-state index >= 15 is 0 Å². The van der Waals surface area contributed by atoms with Crippen molar-refractivity contribution in [1.29, 1.82) is 0 Å². The maximum Gasteiger partial charge on any atom is 0.355 e. The number of aryl methyl sites for hydroxylation is 1. The Morgan fingerprint density at radius 2 is 1.55 bits per heavy atom. The van der Waals surface area contributed by atoms with Gasteiger partial charge in [0.15, 0.2) is 11.5 Å². The molecule has 2 aromatic carbocycles. The van der Waals surface area contributed by atoms with Gasteiger partial charge in [-0.25, -0.2) is 9.59 Å². The van der Waals surface area contributed by atoms with E-state index in [4.69, 9.17) is 35.3 Å². The largest absolute Gasteiger partial charge is 0.506 e. The number of alkyl halides is 1. The lowest BCUT2D eigenvalue weighted by molar-refractivity contribution is 0.0553. The van der Waals surface area contributed by atoms with Crippen molar-refractivity contribution < 1.29 is 43.2 Å². The zero-order chi connectivity index (χ0) is 30.6. The molecule has 2 heterocycles.